The van der Waals surface area contributed by atoms with Gasteiger partial charge >= 0.3 is 6.36 Å². The van der Waals surface area contributed by atoms with E-state index in [1.807, 2.05) is 31.2 Å². The average Bonchev–Trinajstić information content (AvgIpc) is 2.56. The van der Waals surface area contributed by atoms with Crippen molar-refractivity contribution in [3.8, 4) is 11.4 Å². The van der Waals surface area contributed by atoms with Gasteiger partial charge in [0.25, 0.3) is 0 Å². The second kappa shape index (κ2) is 7.49. The highest BCUT2D eigenvalue weighted by Gasteiger charge is 2.34. The van der Waals surface area contributed by atoms with Crippen LogP contribution in [0.1, 0.15) is 24.0 Å². The number of rotatable bonds is 4. The van der Waals surface area contributed by atoms with Gasteiger partial charge in [0.2, 0.25) is 0 Å². The van der Waals surface area contributed by atoms with E-state index >= 15 is 0 Å². The molecule has 0 aliphatic carbocycles. The molecule has 1 aromatic heterocycles. The van der Waals surface area contributed by atoms with E-state index in [4.69, 9.17) is 0 Å². The highest BCUT2D eigenvalue weighted by atomic mass is 19.4. The number of alkyl halides is 3. The van der Waals surface area contributed by atoms with E-state index in [0.29, 0.717) is 38.3 Å². The number of hydrogen-bond donors (Lipinski definition) is 0. The standard InChI is InChI=1S/C18H20F3N3O/c1-13-3-2-4-15(9-13)17-22-10-14(11-23-17)12-24-7-5-16(6-8-24)25-18(19,20)21/h2-4,9-11,16H,5-8,12H2,1H3. The highest BCUT2D eigenvalue weighted by molar-refractivity contribution is 5.55. The van der Waals surface area contributed by atoms with Crippen LogP contribution in [0, 0.1) is 6.92 Å². The Kier molecular flexibility index (Phi) is 5.34. The molecular weight excluding hydrogens is 331 g/mol. The molecule has 0 amide bonds. The number of ether oxygens (including phenoxy) is 1. The van der Waals surface area contributed by atoms with Gasteiger partial charge in [-0.05, 0) is 25.8 Å². The first kappa shape index (κ1) is 17.8. The molecule has 0 bridgehead atoms. The molecular formula is C18H20F3N3O. The van der Waals surface area contributed by atoms with Gasteiger partial charge in [0, 0.05) is 43.2 Å². The van der Waals surface area contributed by atoms with E-state index in [2.05, 4.69) is 19.6 Å². The quantitative estimate of drug-likeness (QED) is 0.836. The van der Waals surface area contributed by atoms with Crippen molar-refractivity contribution in [2.75, 3.05) is 13.1 Å². The fraction of sp³-hybridized carbons (Fsp3) is 0.444. The third-order valence-corrected chi connectivity index (χ3v) is 4.22. The van der Waals surface area contributed by atoms with E-state index in [1.165, 1.54) is 0 Å². The van der Waals surface area contributed by atoms with Crippen LogP contribution in [0.3, 0.4) is 0 Å². The van der Waals surface area contributed by atoms with Gasteiger partial charge in [-0.3, -0.25) is 9.64 Å². The molecule has 1 aliphatic heterocycles. The molecule has 0 atom stereocenters. The maximum absolute atomic E-state index is 12.2. The van der Waals surface area contributed by atoms with Crippen molar-refractivity contribution in [1.29, 1.82) is 0 Å². The molecule has 0 unspecified atom stereocenters. The van der Waals surface area contributed by atoms with Crippen LogP contribution < -0.4 is 0 Å². The Morgan fingerprint density at radius 2 is 1.84 bits per heavy atom. The molecule has 4 nitrogen and oxygen atoms in total. The largest absolute Gasteiger partial charge is 0.522 e. The van der Waals surface area contributed by atoms with Crippen molar-refractivity contribution in [1.82, 2.24) is 14.9 Å². The van der Waals surface area contributed by atoms with E-state index in [1.54, 1.807) is 12.4 Å². The Balaban J connectivity index is 1.54. The third-order valence-electron chi connectivity index (χ3n) is 4.22. The van der Waals surface area contributed by atoms with Crippen molar-refractivity contribution in [3.05, 3.63) is 47.8 Å². The predicted molar refractivity (Wildman–Crippen MR) is 87.6 cm³/mol. The fourth-order valence-corrected chi connectivity index (χ4v) is 3.00. The first-order valence-electron chi connectivity index (χ1n) is 8.24. The lowest BCUT2D eigenvalue weighted by molar-refractivity contribution is -0.345. The van der Waals surface area contributed by atoms with Crippen molar-refractivity contribution in [2.24, 2.45) is 0 Å². The molecule has 2 heterocycles. The van der Waals surface area contributed by atoms with Gasteiger partial charge in [-0.1, -0.05) is 23.8 Å². The first-order valence-corrected chi connectivity index (χ1v) is 8.24. The number of benzene rings is 1. The molecule has 1 aromatic carbocycles. The number of hydrogen-bond acceptors (Lipinski definition) is 4. The number of aryl methyl sites for hydroxylation is 1. The van der Waals surface area contributed by atoms with Gasteiger partial charge < -0.3 is 0 Å². The molecule has 1 fully saturated rings. The molecule has 25 heavy (non-hydrogen) atoms. The Morgan fingerprint density at radius 3 is 2.44 bits per heavy atom. The molecule has 3 rings (SSSR count). The minimum absolute atomic E-state index is 0.377. The summed E-state index contributed by atoms with van der Waals surface area (Å²) in [5.41, 5.74) is 3.07. The monoisotopic (exact) mass is 351 g/mol. The van der Waals surface area contributed by atoms with Gasteiger partial charge in [-0.15, -0.1) is 13.2 Å². The third kappa shape index (κ3) is 5.24. The summed E-state index contributed by atoms with van der Waals surface area (Å²) in [6.07, 6.45) is -0.974. The summed E-state index contributed by atoms with van der Waals surface area (Å²) < 4.78 is 40.8. The molecule has 0 spiro atoms. The van der Waals surface area contributed by atoms with Crippen LogP contribution >= 0.6 is 0 Å². The zero-order chi connectivity index (χ0) is 17.9. The van der Waals surface area contributed by atoms with Gasteiger partial charge in [0.15, 0.2) is 5.82 Å². The molecule has 1 saturated heterocycles. The van der Waals surface area contributed by atoms with Gasteiger partial charge in [0.1, 0.15) is 0 Å². The van der Waals surface area contributed by atoms with Crippen LogP contribution in [0.25, 0.3) is 11.4 Å². The Hall–Kier alpha value is -1.99. The maximum atomic E-state index is 12.2. The summed E-state index contributed by atoms with van der Waals surface area (Å²) >= 11 is 0. The smallest absolute Gasteiger partial charge is 0.299 e. The number of likely N-dealkylation sites (tertiary alicyclic amines) is 1. The zero-order valence-corrected chi connectivity index (χ0v) is 14.0. The molecule has 0 N–H and O–H groups in total. The Morgan fingerprint density at radius 1 is 1.16 bits per heavy atom. The second-order valence-electron chi connectivity index (χ2n) is 6.32. The second-order valence-corrected chi connectivity index (χ2v) is 6.32. The van der Waals surface area contributed by atoms with Crippen LogP contribution in [0.5, 0.6) is 0 Å². The van der Waals surface area contributed by atoms with Gasteiger partial charge in [-0.25, -0.2) is 9.97 Å². The molecule has 1 aliphatic rings. The molecule has 7 heteroatoms. The van der Waals surface area contributed by atoms with E-state index in [9.17, 15) is 13.2 Å². The summed E-state index contributed by atoms with van der Waals surface area (Å²) in [7, 11) is 0. The predicted octanol–water partition coefficient (Wildman–Crippen LogP) is 3.95. The lowest BCUT2D eigenvalue weighted by atomic mass is 10.1. The molecule has 0 radical (unpaired) electrons. The molecule has 0 saturated carbocycles. The number of piperidine rings is 1. The van der Waals surface area contributed by atoms with Gasteiger partial charge in [0.05, 0.1) is 6.10 Å². The highest BCUT2D eigenvalue weighted by Crippen LogP contribution is 2.25. The summed E-state index contributed by atoms with van der Waals surface area (Å²) in [6.45, 7) is 3.79. The summed E-state index contributed by atoms with van der Waals surface area (Å²) in [6, 6.07) is 7.98. The summed E-state index contributed by atoms with van der Waals surface area (Å²) in [5.74, 6) is 0.671. The van der Waals surface area contributed by atoms with Crippen molar-refractivity contribution in [3.63, 3.8) is 0 Å². The Bertz CT molecular complexity index is 695. The number of aromatic nitrogens is 2. The van der Waals surface area contributed by atoms with Crippen LogP contribution in [-0.4, -0.2) is 40.4 Å². The fourth-order valence-electron chi connectivity index (χ4n) is 3.00. The average molecular weight is 351 g/mol. The van der Waals surface area contributed by atoms with Crippen LogP contribution in [0.2, 0.25) is 0 Å². The lowest BCUT2D eigenvalue weighted by Crippen LogP contribution is -2.38. The van der Waals surface area contributed by atoms with E-state index in [-0.39, 0.29) is 0 Å². The van der Waals surface area contributed by atoms with Crippen molar-refractivity contribution >= 4 is 0 Å². The lowest BCUT2D eigenvalue weighted by Gasteiger charge is -2.31. The van der Waals surface area contributed by atoms with Crippen LogP contribution in [-0.2, 0) is 11.3 Å². The maximum Gasteiger partial charge on any atom is 0.522 e. The summed E-state index contributed by atoms with van der Waals surface area (Å²) in [5, 5.41) is 0. The topological polar surface area (TPSA) is 38.2 Å². The van der Waals surface area contributed by atoms with Gasteiger partial charge in [-0.2, -0.15) is 0 Å². The molecule has 2 aromatic rings. The first-order chi connectivity index (χ1) is 11.9. The SMILES string of the molecule is Cc1cccc(-c2ncc(CN3CCC(OC(F)(F)F)CC3)cn2)c1. The number of halogens is 3. The zero-order valence-electron chi connectivity index (χ0n) is 14.0. The molecule has 134 valence electrons. The van der Waals surface area contributed by atoms with Crippen LogP contribution in [0.4, 0.5) is 13.2 Å². The van der Waals surface area contributed by atoms with E-state index in [0.717, 1.165) is 16.7 Å². The summed E-state index contributed by atoms with van der Waals surface area (Å²) in [4.78, 5) is 10.9. The van der Waals surface area contributed by atoms with E-state index < -0.39 is 12.5 Å². The van der Waals surface area contributed by atoms with Crippen molar-refractivity contribution in [2.45, 2.75) is 38.8 Å². The van der Waals surface area contributed by atoms with Crippen molar-refractivity contribution < 1.29 is 17.9 Å². The normalized spacial score (nSPS) is 17.0. The van der Waals surface area contributed by atoms with Crippen LogP contribution in [0.15, 0.2) is 36.7 Å². The Labute approximate surface area is 144 Å². The minimum atomic E-state index is -4.55. The minimum Gasteiger partial charge on any atom is -0.299 e. The number of nitrogens with zero attached hydrogens (tertiary/aromatic N) is 3.